The van der Waals surface area contributed by atoms with Crippen molar-refractivity contribution in [2.45, 2.75) is 33.6 Å². The SMILES string of the molecule is CCC(C)(CC)C(=O)Nc1cccc(-c2nc(Nc3ccc4[nH]ncc4c3)c3cc(OCCOC)ccc3n2)c1. The Morgan fingerprint density at radius 1 is 0.975 bits per heavy atom. The number of aromatic nitrogens is 4. The molecular formula is C31H34N6O3. The summed E-state index contributed by atoms with van der Waals surface area (Å²) < 4.78 is 11.0. The fraction of sp³-hybridized carbons (Fsp3) is 0.290. The number of benzene rings is 3. The van der Waals surface area contributed by atoms with Gasteiger partial charge in [-0.3, -0.25) is 9.89 Å². The zero-order valence-electron chi connectivity index (χ0n) is 23.2. The van der Waals surface area contributed by atoms with Crippen LogP contribution in [0.2, 0.25) is 0 Å². The molecule has 0 atom stereocenters. The topological polar surface area (TPSA) is 114 Å². The van der Waals surface area contributed by atoms with Crippen molar-refractivity contribution >= 4 is 44.9 Å². The van der Waals surface area contributed by atoms with Gasteiger partial charge in [0.2, 0.25) is 5.91 Å². The van der Waals surface area contributed by atoms with Gasteiger partial charge in [-0.25, -0.2) is 9.97 Å². The summed E-state index contributed by atoms with van der Waals surface area (Å²) >= 11 is 0. The summed E-state index contributed by atoms with van der Waals surface area (Å²) in [6.45, 7) is 7.00. The van der Waals surface area contributed by atoms with Crippen LogP contribution in [-0.4, -0.2) is 46.4 Å². The largest absolute Gasteiger partial charge is 0.491 e. The van der Waals surface area contributed by atoms with Gasteiger partial charge in [0.25, 0.3) is 0 Å². The van der Waals surface area contributed by atoms with Gasteiger partial charge in [0, 0.05) is 40.2 Å². The molecular weight excluding hydrogens is 504 g/mol. The number of aromatic amines is 1. The summed E-state index contributed by atoms with van der Waals surface area (Å²) in [7, 11) is 1.64. The number of nitrogens with one attached hydrogen (secondary N) is 3. The summed E-state index contributed by atoms with van der Waals surface area (Å²) in [5, 5.41) is 15.5. The maximum atomic E-state index is 13.0. The van der Waals surface area contributed by atoms with E-state index in [2.05, 4.69) is 20.8 Å². The number of rotatable bonds is 11. The number of methoxy groups -OCH3 is 1. The molecule has 0 fully saturated rings. The standard InChI is InChI=1S/C31H34N6O3/c1-5-31(3,6-2)30(38)34-22-9-7-8-20(16-22)28-35-27-13-11-24(40-15-14-39-4)18-25(27)29(36-28)33-23-10-12-26-21(17-23)19-32-37-26/h7-13,16-19H,5-6,14-15H2,1-4H3,(H,32,37)(H,34,38)(H,33,35,36). The molecule has 9 nitrogen and oxygen atoms in total. The molecule has 0 bridgehead atoms. The third-order valence-corrected chi connectivity index (χ3v) is 7.41. The Morgan fingerprint density at radius 3 is 2.62 bits per heavy atom. The van der Waals surface area contributed by atoms with E-state index in [1.807, 2.05) is 81.4 Å². The van der Waals surface area contributed by atoms with Crippen LogP contribution in [0.5, 0.6) is 5.75 Å². The van der Waals surface area contributed by atoms with Crippen LogP contribution < -0.4 is 15.4 Å². The summed E-state index contributed by atoms with van der Waals surface area (Å²) in [6, 6.07) is 19.4. The van der Waals surface area contributed by atoms with E-state index in [0.29, 0.717) is 36.3 Å². The Morgan fingerprint density at radius 2 is 1.82 bits per heavy atom. The summed E-state index contributed by atoms with van der Waals surface area (Å²) in [5.41, 5.74) is 3.66. The fourth-order valence-corrected chi connectivity index (χ4v) is 4.41. The van der Waals surface area contributed by atoms with Crippen LogP contribution in [0, 0.1) is 5.41 Å². The van der Waals surface area contributed by atoms with Crippen molar-refractivity contribution in [1.82, 2.24) is 20.2 Å². The van der Waals surface area contributed by atoms with Crippen molar-refractivity contribution < 1.29 is 14.3 Å². The second-order valence-electron chi connectivity index (χ2n) is 10.0. The highest BCUT2D eigenvalue weighted by atomic mass is 16.5. The van der Waals surface area contributed by atoms with Crippen LogP contribution in [0.15, 0.2) is 66.9 Å². The molecule has 9 heteroatoms. The van der Waals surface area contributed by atoms with Crippen LogP contribution in [0.3, 0.4) is 0 Å². The Balaban J connectivity index is 1.53. The van der Waals surface area contributed by atoms with Crippen LogP contribution in [0.25, 0.3) is 33.2 Å². The molecule has 5 rings (SSSR count). The fourth-order valence-electron chi connectivity index (χ4n) is 4.41. The minimum atomic E-state index is -0.425. The minimum absolute atomic E-state index is 0.00655. The van der Waals surface area contributed by atoms with Gasteiger partial charge in [0.05, 0.1) is 23.8 Å². The van der Waals surface area contributed by atoms with Crippen molar-refractivity contribution in [3.8, 4) is 17.1 Å². The number of carbonyl (C=O) groups is 1. The molecule has 0 radical (unpaired) electrons. The van der Waals surface area contributed by atoms with Crippen LogP contribution >= 0.6 is 0 Å². The number of carbonyl (C=O) groups excluding carboxylic acids is 1. The van der Waals surface area contributed by atoms with Crippen molar-refractivity contribution in [3.63, 3.8) is 0 Å². The van der Waals surface area contributed by atoms with Gasteiger partial charge in [-0.1, -0.05) is 32.9 Å². The monoisotopic (exact) mass is 538 g/mol. The lowest BCUT2D eigenvalue weighted by Crippen LogP contribution is -2.32. The smallest absolute Gasteiger partial charge is 0.230 e. The number of H-pyrrole nitrogens is 1. The molecule has 3 N–H and O–H groups in total. The summed E-state index contributed by atoms with van der Waals surface area (Å²) in [4.78, 5) is 22.8. The highest BCUT2D eigenvalue weighted by Crippen LogP contribution is 2.32. The van der Waals surface area contributed by atoms with Crippen molar-refractivity contribution in [1.29, 1.82) is 0 Å². The lowest BCUT2D eigenvalue weighted by molar-refractivity contribution is -0.125. The molecule has 0 aliphatic heterocycles. The number of fused-ring (bicyclic) bond motifs is 2. The molecule has 0 saturated carbocycles. The number of hydrogen-bond donors (Lipinski definition) is 3. The second kappa shape index (κ2) is 11.7. The maximum absolute atomic E-state index is 13.0. The third-order valence-electron chi connectivity index (χ3n) is 7.41. The van der Waals surface area contributed by atoms with E-state index in [1.165, 1.54) is 0 Å². The molecule has 0 saturated heterocycles. The Bertz CT molecular complexity index is 1640. The molecule has 206 valence electrons. The molecule has 2 heterocycles. The predicted octanol–water partition coefficient (Wildman–Crippen LogP) is 6.71. The molecule has 1 amide bonds. The Kier molecular flexibility index (Phi) is 7.93. The molecule has 3 aromatic carbocycles. The number of nitrogens with zero attached hydrogens (tertiary/aromatic N) is 3. The third kappa shape index (κ3) is 5.74. The Hall–Kier alpha value is -4.50. The van der Waals surface area contributed by atoms with Crippen molar-refractivity contribution in [3.05, 3.63) is 66.9 Å². The molecule has 0 aliphatic rings. The van der Waals surface area contributed by atoms with Gasteiger partial charge in [-0.15, -0.1) is 0 Å². The van der Waals surface area contributed by atoms with Crippen LogP contribution in [0.4, 0.5) is 17.2 Å². The molecule has 0 aliphatic carbocycles. The van der Waals surface area contributed by atoms with Crippen molar-refractivity contribution in [2.75, 3.05) is 31.0 Å². The van der Waals surface area contributed by atoms with Gasteiger partial charge < -0.3 is 20.1 Å². The highest BCUT2D eigenvalue weighted by Gasteiger charge is 2.29. The zero-order valence-corrected chi connectivity index (χ0v) is 23.2. The van der Waals surface area contributed by atoms with Gasteiger partial charge in [-0.2, -0.15) is 5.10 Å². The molecule has 5 aromatic rings. The van der Waals surface area contributed by atoms with E-state index in [0.717, 1.165) is 45.9 Å². The summed E-state index contributed by atoms with van der Waals surface area (Å²) in [6.07, 6.45) is 3.31. The quantitative estimate of drug-likeness (QED) is 0.160. The van der Waals surface area contributed by atoms with Crippen LogP contribution in [0.1, 0.15) is 33.6 Å². The number of hydrogen-bond acceptors (Lipinski definition) is 7. The maximum Gasteiger partial charge on any atom is 0.230 e. The Labute approximate surface area is 233 Å². The molecule has 0 spiro atoms. The van der Waals surface area contributed by atoms with E-state index < -0.39 is 5.41 Å². The summed E-state index contributed by atoms with van der Waals surface area (Å²) in [5.74, 6) is 1.89. The zero-order chi connectivity index (χ0) is 28.1. The normalized spacial score (nSPS) is 11.6. The predicted molar refractivity (Wildman–Crippen MR) is 159 cm³/mol. The van der Waals surface area contributed by atoms with Gasteiger partial charge in [0.1, 0.15) is 18.2 Å². The number of anilines is 3. The van der Waals surface area contributed by atoms with E-state index in [1.54, 1.807) is 13.3 Å². The van der Waals surface area contributed by atoms with E-state index >= 15 is 0 Å². The second-order valence-corrected chi connectivity index (χ2v) is 10.0. The first-order chi connectivity index (χ1) is 19.4. The average Bonchev–Trinajstić information content (AvgIpc) is 3.45. The van der Waals surface area contributed by atoms with E-state index in [9.17, 15) is 4.79 Å². The molecule has 40 heavy (non-hydrogen) atoms. The highest BCUT2D eigenvalue weighted by molar-refractivity contribution is 5.96. The molecule has 2 aromatic heterocycles. The van der Waals surface area contributed by atoms with Gasteiger partial charge in [0.15, 0.2) is 5.82 Å². The molecule has 0 unspecified atom stereocenters. The number of ether oxygens (including phenoxy) is 2. The first-order valence-corrected chi connectivity index (χ1v) is 13.5. The van der Waals surface area contributed by atoms with E-state index in [-0.39, 0.29) is 5.91 Å². The van der Waals surface area contributed by atoms with Crippen LogP contribution in [-0.2, 0) is 9.53 Å². The first-order valence-electron chi connectivity index (χ1n) is 13.5. The van der Waals surface area contributed by atoms with Gasteiger partial charge in [-0.05, 0) is 61.4 Å². The van der Waals surface area contributed by atoms with Crippen molar-refractivity contribution in [2.24, 2.45) is 5.41 Å². The average molecular weight is 539 g/mol. The van der Waals surface area contributed by atoms with E-state index in [4.69, 9.17) is 19.4 Å². The lowest BCUT2D eigenvalue weighted by atomic mass is 9.84. The first kappa shape index (κ1) is 27.1. The number of amides is 1. The van der Waals surface area contributed by atoms with Gasteiger partial charge >= 0.3 is 0 Å². The lowest BCUT2D eigenvalue weighted by Gasteiger charge is -2.25. The minimum Gasteiger partial charge on any atom is -0.491 e.